The molecule has 0 heterocycles. The van der Waals surface area contributed by atoms with Crippen LogP contribution in [-0.4, -0.2) is 63.7 Å². The van der Waals surface area contributed by atoms with Crippen molar-refractivity contribution in [1.29, 1.82) is 0 Å². The molecule has 0 spiro atoms. The minimum atomic E-state index is -1.90. The fraction of sp³-hybridized carbons (Fsp3) is 0.778. The summed E-state index contributed by atoms with van der Waals surface area (Å²) in [5.41, 5.74) is 0. The van der Waals surface area contributed by atoms with Gasteiger partial charge in [0.05, 0.1) is 6.61 Å². The predicted octanol–water partition coefficient (Wildman–Crippen LogP) is -2.42. The quantitative estimate of drug-likeness (QED) is 0.363. The molecule has 0 aliphatic rings. The van der Waals surface area contributed by atoms with Crippen LogP contribution in [0.25, 0.3) is 0 Å². The summed E-state index contributed by atoms with van der Waals surface area (Å²) in [5, 5.41) is 35.7. The van der Waals surface area contributed by atoms with Gasteiger partial charge in [-0.15, -0.1) is 0 Å². The molecule has 1 unspecified atom stereocenters. The second-order valence-corrected chi connectivity index (χ2v) is 3.15. The van der Waals surface area contributed by atoms with Gasteiger partial charge in [0, 0.05) is 6.42 Å². The van der Waals surface area contributed by atoms with Gasteiger partial charge in [-0.3, -0.25) is 9.59 Å². The van der Waals surface area contributed by atoms with Crippen molar-refractivity contribution in [2.45, 2.75) is 31.7 Å². The third kappa shape index (κ3) is 4.67. The highest BCUT2D eigenvalue weighted by Gasteiger charge is 2.29. The van der Waals surface area contributed by atoms with E-state index in [0.29, 0.717) is 0 Å². The lowest BCUT2D eigenvalue weighted by atomic mass is 10.1. The Morgan fingerprint density at radius 1 is 1.25 bits per heavy atom. The molecule has 0 aromatic carbocycles. The van der Waals surface area contributed by atoms with Gasteiger partial charge in [0.15, 0.2) is 5.78 Å². The van der Waals surface area contributed by atoms with Crippen LogP contribution in [0.3, 0.4) is 0 Å². The molecule has 0 saturated heterocycles. The normalized spacial score (nSPS) is 16.3. The number of rotatable bonds is 7. The number of Topliss-reactive ketones (excluding diaryl/α,β-unsaturated/α-hetero) is 1. The summed E-state index contributed by atoms with van der Waals surface area (Å²) in [7, 11) is 0. The van der Waals surface area contributed by atoms with Crippen molar-refractivity contribution in [2.75, 3.05) is 13.2 Å². The van der Waals surface area contributed by atoms with Crippen LogP contribution in [0.4, 0.5) is 0 Å². The zero-order chi connectivity index (χ0) is 12.7. The summed E-state index contributed by atoms with van der Waals surface area (Å²) in [6.07, 6.45) is -5.18. The van der Waals surface area contributed by atoms with Gasteiger partial charge in [-0.2, -0.15) is 0 Å². The van der Waals surface area contributed by atoms with E-state index in [2.05, 4.69) is 4.74 Å². The van der Waals surface area contributed by atoms with Crippen molar-refractivity contribution in [3.63, 3.8) is 0 Å². The van der Waals surface area contributed by atoms with Crippen molar-refractivity contribution >= 4 is 11.8 Å². The van der Waals surface area contributed by atoms with Gasteiger partial charge in [0.2, 0.25) is 0 Å². The van der Waals surface area contributed by atoms with Crippen LogP contribution >= 0.6 is 0 Å². The third-order valence-electron chi connectivity index (χ3n) is 1.86. The monoisotopic (exact) mass is 236 g/mol. The predicted molar refractivity (Wildman–Crippen MR) is 51.4 cm³/mol. The van der Waals surface area contributed by atoms with Gasteiger partial charge in [0.25, 0.3) is 0 Å². The van der Waals surface area contributed by atoms with Crippen LogP contribution in [0.2, 0.25) is 0 Å². The summed E-state index contributed by atoms with van der Waals surface area (Å²) >= 11 is 0. The van der Waals surface area contributed by atoms with Crippen LogP contribution in [-0.2, 0) is 14.3 Å². The smallest absolute Gasteiger partial charge is 0.305 e. The lowest BCUT2D eigenvalue weighted by Gasteiger charge is -2.17. The first-order chi connectivity index (χ1) is 7.43. The Morgan fingerprint density at radius 2 is 1.81 bits per heavy atom. The lowest BCUT2D eigenvalue weighted by Crippen LogP contribution is -2.43. The number of hydrogen-bond donors (Lipinski definition) is 4. The van der Waals surface area contributed by atoms with Crippen molar-refractivity contribution in [3.8, 4) is 0 Å². The Hall–Kier alpha value is -1.02. The maximum atomic E-state index is 11.2. The molecule has 0 saturated carbocycles. The minimum Gasteiger partial charge on any atom is -0.462 e. The highest BCUT2D eigenvalue weighted by molar-refractivity contribution is 5.87. The number of hydrogen-bond acceptors (Lipinski definition) is 7. The zero-order valence-corrected chi connectivity index (χ0v) is 8.87. The molecule has 3 atom stereocenters. The number of carbonyl (C=O) groups excluding carboxylic acids is 2. The Bertz CT molecular complexity index is 240. The summed E-state index contributed by atoms with van der Waals surface area (Å²) < 4.78 is 4.47. The Kier molecular flexibility index (Phi) is 6.82. The molecule has 0 rings (SSSR count). The topological polar surface area (TPSA) is 124 Å². The Balaban J connectivity index is 4.12. The van der Waals surface area contributed by atoms with Crippen LogP contribution in [0.5, 0.6) is 0 Å². The maximum absolute atomic E-state index is 11.2. The highest BCUT2D eigenvalue weighted by Crippen LogP contribution is 2.00. The van der Waals surface area contributed by atoms with Crippen LogP contribution in [0.1, 0.15) is 13.3 Å². The molecule has 7 heteroatoms. The summed E-state index contributed by atoms with van der Waals surface area (Å²) in [6, 6.07) is 0. The largest absolute Gasteiger partial charge is 0.462 e. The number of esters is 1. The molecular formula is C9H16O7. The molecule has 0 aromatic rings. The van der Waals surface area contributed by atoms with Gasteiger partial charge >= 0.3 is 5.97 Å². The highest BCUT2D eigenvalue weighted by atomic mass is 16.5. The van der Waals surface area contributed by atoms with Gasteiger partial charge < -0.3 is 25.2 Å². The van der Waals surface area contributed by atoms with E-state index in [9.17, 15) is 14.7 Å². The number of aliphatic hydroxyl groups is 4. The van der Waals surface area contributed by atoms with E-state index >= 15 is 0 Å². The fourth-order valence-electron chi connectivity index (χ4n) is 0.843. The van der Waals surface area contributed by atoms with Crippen molar-refractivity contribution in [2.24, 2.45) is 0 Å². The number of ether oxygens (including phenoxy) is 1. The molecule has 7 nitrogen and oxygen atoms in total. The molecule has 0 aliphatic heterocycles. The average Bonchev–Trinajstić information content (AvgIpc) is 2.32. The van der Waals surface area contributed by atoms with Crippen molar-refractivity contribution in [3.05, 3.63) is 0 Å². The van der Waals surface area contributed by atoms with Gasteiger partial charge in [-0.05, 0) is 0 Å². The van der Waals surface area contributed by atoms with Crippen LogP contribution in [0.15, 0.2) is 0 Å². The minimum absolute atomic E-state index is 0.0999. The summed E-state index contributed by atoms with van der Waals surface area (Å²) in [5.74, 6) is -1.70. The van der Waals surface area contributed by atoms with E-state index in [1.54, 1.807) is 6.92 Å². The Labute approximate surface area is 92.3 Å². The fourth-order valence-corrected chi connectivity index (χ4v) is 0.843. The third-order valence-corrected chi connectivity index (χ3v) is 1.86. The van der Waals surface area contributed by atoms with Crippen molar-refractivity contribution < 1.29 is 34.8 Å². The van der Waals surface area contributed by atoms with E-state index in [1.165, 1.54) is 0 Å². The first kappa shape index (κ1) is 15.0. The van der Waals surface area contributed by atoms with Gasteiger partial charge in [-0.1, -0.05) is 6.92 Å². The molecule has 4 N–H and O–H groups in total. The van der Waals surface area contributed by atoms with Gasteiger partial charge in [0.1, 0.15) is 24.9 Å². The SMILES string of the molecule is CCC(=O)OCC(O)C(=O)[C@H](O)[C@H](O)CO. The maximum Gasteiger partial charge on any atom is 0.305 e. The molecule has 0 bridgehead atoms. The molecule has 0 fully saturated rings. The molecular weight excluding hydrogens is 220 g/mol. The number of ketones is 1. The Morgan fingerprint density at radius 3 is 2.25 bits per heavy atom. The molecule has 0 aliphatic carbocycles. The first-order valence-corrected chi connectivity index (χ1v) is 4.78. The van der Waals surface area contributed by atoms with Crippen LogP contribution in [0, 0.1) is 0 Å². The van der Waals surface area contributed by atoms with E-state index in [1.807, 2.05) is 0 Å². The molecule has 16 heavy (non-hydrogen) atoms. The lowest BCUT2D eigenvalue weighted by molar-refractivity contribution is -0.153. The van der Waals surface area contributed by atoms with Gasteiger partial charge in [-0.25, -0.2) is 0 Å². The van der Waals surface area contributed by atoms with E-state index in [-0.39, 0.29) is 6.42 Å². The summed E-state index contributed by atoms with van der Waals surface area (Å²) in [6.45, 7) is 0.149. The molecule has 0 aromatic heterocycles. The van der Waals surface area contributed by atoms with Crippen molar-refractivity contribution in [1.82, 2.24) is 0 Å². The number of carbonyl (C=O) groups is 2. The van der Waals surface area contributed by atoms with Crippen LogP contribution < -0.4 is 0 Å². The molecule has 94 valence electrons. The second-order valence-electron chi connectivity index (χ2n) is 3.15. The molecule has 0 radical (unpaired) electrons. The zero-order valence-electron chi connectivity index (χ0n) is 8.87. The average molecular weight is 236 g/mol. The molecule has 0 amide bonds. The first-order valence-electron chi connectivity index (χ1n) is 4.78. The van der Waals surface area contributed by atoms with E-state index in [4.69, 9.17) is 15.3 Å². The van der Waals surface area contributed by atoms with E-state index in [0.717, 1.165) is 0 Å². The van der Waals surface area contributed by atoms with E-state index < -0.39 is 43.3 Å². The second kappa shape index (κ2) is 7.29. The summed E-state index contributed by atoms with van der Waals surface area (Å²) in [4.78, 5) is 21.9. The number of aliphatic hydroxyl groups excluding tert-OH is 4. The standard InChI is InChI=1S/C9H16O7/c1-2-7(13)16-4-6(12)9(15)8(14)5(11)3-10/h5-6,8,10-12,14H,2-4H2,1H3/t5-,6?,8-/m1/s1.